The van der Waals surface area contributed by atoms with Crippen LogP contribution in [0.25, 0.3) is 0 Å². The van der Waals surface area contributed by atoms with Crippen molar-refractivity contribution in [1.82, 2.24) is 9.97 Å². The third kappa shape index (κ3) is 10.7. The Labute approximate surface area is 51.5 Å². The van der Waals surface area contributed by atoms with Crippen LogP contribution in [0.2, 0.25) is 0 Å². The maximum absolute atomic E-state index is 8.67. The van der Waals surface area contributed by atoms with Crippen LogP contribution in [0.3, 0.4) is 0 Å². The highest BCUT2D eigenvalue weighted by molar-refractivity contribution is 5.58. The van der Waals surface area contributed by atoms with Gasteiger partial charge in [0.25, 0.3) is 0 Å². The van der Waals surface area contributed by atoms with Gasteiger partial charge in [-0.2, -0.15) is 0 Å². The van der Waals surface area contributed by atoms with Crippen molar-refractivity contribution >= 4 is 6.09 Å². The number of nitrogens with zero attached hydrogens (tertiary/aromatic N) is 2. The molecule has 0 saturated carbocycles. The highest BCUT2D eigenvalue weighted by Crippen LogP contribution is 1.60. The van der Waals surface area contributed by atoms with Gasteiger partial charge in [0.2, 0.25) is 0 Å². The summed E-state index contributed by atoms with van der Waals surface area (Å²) in [5.41, 5.74) is 3.92. The van der Waals surface area contributed by atoms with Gasteiger partial charge in [-0.1, -0.05) is 18.7 Å². The number of carbonyl (C=O) groups excluding carboxylic acids is 1. The normalized spacial score (nSPS) is 7.11. The van der Waals surface area contributed by atoms with Crippen molar-refractivity contribution in [3.63, 3.8) is 0 Å². The molecule has 1 aromatic rings. The molecule has 1 heterocycles. The van der Waals surface area contributed by atoms with Crippen molar-refractivity contribution < 1.29 is 9.90 Å². The minimum absolute atomic E-state index is 1.50. The van der Waals surface area contributed by atoms with Crippen LogP contribution >= 0.6 is 0 Å². The number of hydrogen-bond donors (Lipinski definition) is 1. The second-order valence-electron chi connectivity index (χ2n) is 1.03. The van der Waals surface area contributed by atoms with Gasteiger partial charge in [0, 0.05) is 0 Å². The molecule has 50 valence electrons. The Morgan fingerprint density at radius 3 is 2.44 bits per heavy atom. The molecule has 0 aliphatic carbocycles. The number of nitrogens with two attached hydrogens (primary N) is 1. The van der Waals surface area contributed by atoms with E-state index in [-0.39, 0.29) is 0 Å². The summed E-state index contributed by atoms with van der Waals surface area (Å²) in [5, 5.41) is 8.67. The van der Waals surface area contributed by atoms with Gasteiger partial charge in [-0.05, 0) is 0 Å². The van der Waals surface area contributed by atoms with Gasteiger partial charge in [-0.25, -0.2) is 0 Å². The van der Waals surface area contributed by atoms with Crippen LogP contribution in [0.5, 0.6) is 0 Å². The summed E-state index contributed by atoms with van der Waals surface area (Å²) >= 11 is 0. The standard InChI is InChI=1S/C3H3N2.CH3NO2/c1-2-5-3-4-1;2-1(3)4/h1-3H;2H2,(H,3,4)/q-1;/p-1. The van der Waals surface area contributed by atoms with Crippen LogP contribution in [0.4, 0.5) is 4.79 Å². The molecular formula is C4H5N3O2-2. The zero-order chi connectivity index (χ0) is 7.11. The highest BCUT2D eigenvalue weighted by atomic mass is 16.4. The van der Waals surface area contributed by atoms with E-state index in [0.717, 1.165) is 0 Å². The van der Waals surface area contributed by atoms with E-state index in [0.29, 0.717) is 0 Å². The van der Waals surface area contributed by atoms with Gasteiger partial charge in [0.15, 0.2) is 0 Å². The van der Waals surface area contributed by atoms with Crippen molar-refractivity contribution in [3.8, 4) is 0 Å². The van der Waals surface area contributed by atoms with Crippen molar-refractivity contribution in [2.75, 3.05) is 0 Å². The first-order valence-electron chi connectivity index (χ1n) is 2.06. The van der Waals surface area contributed by atoms with Crippen LogP contribution < -0.4 is 15.8 Å². The second-order valence-corrected chi connectivity index (χ2v) is 1.03. The summed E-state index contributed by atoms with van der Waals surface area (Å²) < 4.78 is 0. The molecule has 5 heteroatoms. The van der Waals surface area contributed by atoms with Gasteiger partial charge in [-0.3, -0.25) is 0 Å². The van der Waals surface area contributed by atoms with Crippen molar-refractivity contribution in [2.45, 2.75) is 0 Å². The highest BCUT2D eigenvalue weighted by Gasteiger charge is 1.44. The Hall–Kier alpha value is -1.52. The molecule has 0 fully saturated rings. The Kier molecular flexibility index (Phi) is 3.85. The van der Waals surface area contributed by atoms with E-state index >= 15 is 0 Å². The first-order valence-corrected chi connectivity index (χ1v) is 2.06. The number of primary amides is 1. The minimum atomic E-state index is -1.58. The molecule has 1 aromatic heterocycles. The average molecular weight is 127 g/mol. The fourth-order valence-corrected chi connectivity index (χ4v) is 0.192. The van der Waals surface area contributed by atoms with E-state index in [1.54, 1.807) is 12.4 Å². The fourth-order valence-electron chi connectivity index (χ4n) is 0.192. The van der Waals surface area contributed by atoms with E-state index in [1.165, 1.54) is 6.33 Å². The number of carbonyl (C=O) groups is 1. The van der Waals surface area contributed by atoms with Crippen molar-refractivity contribution in [2.24, 2.45) is 5.73 Å². The predicted octanol–water partition coefficient (Wildman–Crippen LogP) is -1.67. The molecule has 9 heavy (non-hydrogen) atoms. The summed E-state index contributed by atoms with van der Waals surface area (Å²) in [7, 11) is 0. The number of aromatic nitrogens is 2. The Morgan fingerprint density at radius 1 is 1.78 bits per heavy atom. The molecule has 0 aliphatic heterocycles. The van der Waals surface area contributed by atoms with E-state index in [4.69, 9.17) is 9.90 Å². The summed E-state index contributed by atoms with van der Waals surface area (Å²) in [6.07, 6.45) is 3.19. The zero-order valence-electron chi connectivity index (χ0n) is 4.52. The predicted molar refractivity (Wildman–Crippen MR) is 27.1 cm³/mol. The van der Waals surface area contributed by atoms with E-state index in [1.807, 2.05) is 0 Å². The molecule has 0 aliphatic rings. The number of imidazole rings is 1. The van der Waals surface area contributed by atoms with Crippen molar-refractivity contribution in [1.29, 1.82) is 0 Å². The molecule has 1 amide bonds. The first kappa shape index (κ1) is 7.48. The molecule has 2 N–H and O–H groups in total. The molecule has 1 rings (SSSR count). The quantitative estimate of drug-likeness (QED) is 0.450. The lowest BCUT2D eigenvalue weighted by molar-refractivity contribution is -0.245. The van der Waals surface area contributed by atoms with Crippen LogP contribution in [0.1, 0.15) is 0 Å². The lowest BCUT2D eigenvalue weighted by Crippen LogP contribution is -2.29. The summed E-state index contributed by atoms with van der Waals surface area (Å²) in [6, 6.07) is 0. The lowest BCUT2D eigenvalue weighted by Gasteiger charge is -1.78. The number of rotatable bonds is 0. The lowest BCUT2D eigenvalue weighted by atomic mass is 11.0. The largest absolute Gasteiger partial charge is 0.530 e. The smallest absolute Gasteiger partial charge is 0.131 e. The van der Waals surface area contributed by atoms with Gasteiger partial charge < -0.3 is 25.6 Å². The first-order chi connectivity index (χ1) is 4.23. The van der Waals surface area contributed by atoms with Gasteiger partial charge in [-0.15, -0.1) is 0 Å². The number of amides is 1. The van der Waals surface area contributed by atoms with E-state index in [2.05, 4.69) is 15.7 Å². The fraction of sp³-hybridized carbons (Fsp3) is 0. The molecule has 0 spiro atoms. The third-order valence-electron chi connectivity index (χ3n) is 0.372. The van der Waals surface area contributed by atoms with Crippen molar-refractivity contribution in [3.05, 3.63) is 18.7 Å². The van der Waals surface area contributed by atoms with E-state index < -0.39 is 6.09 Å². The summed E-state index contributed by atoms with van der Waals surface area (Å²) in [6.45, 7) is 0. The molecule has 0 atom stereocenters. The minimum Gasteiger partial charge on any atom is -0.530 e. The SMILES string of the molecule is NC(=O)[O-].c1c[n-]cn1. The van der Waals surface area contributed by atoms with Crippen LogP contribution in [-0.4, -0.2) is 11.1 Å². The maximum Gasteiger partial charge on any atom is 0.131 e. The van der Waals surface area contributed by atoms with Crippen LogP contribution in [0, 0.1) is 0 Å². The molecular weight excluding hydrogens is 122 g/mol. The van der Waals surface area contributed by atoms with Gasteiger partial charge in [0.05, 0.1) is 0 Å². The van der Waals surface area contributed by atoms with E-state index in [9.17, 15) is 0 Å². The maximum atomic E-state index is 8.67. The topological polar surface area (TPSA) is 93.1 Å². The number of carboxylic acid groups (broad SMARTS) is 1. The average Bonchev–Trinajstić information content (AvgIpc) is 2.11. The summed E-state index contributed by atoms with van der Waals surface area (Å²) in [5.74, 6) is 0. The molecule has 0 radical (unpaired) electrons. The molecule has 0 saturated heterocycles. The number of hydrogen-bond acceptors (Lipinski definition) is 3. The third-order valence-corrected chi connectivity index (χ3v) is 0.372. The van der Waals surface area contributed by atoms with Crippen LogP contribution in [-0.2, 0) is 0 Å². The molecule has 0 bridgehead atoms. The van der Waals surface area contributed by atoms with Gasteiger partial charge >= 0.3 is 0 Å². The monoisotopic (exact) mass is 127 g/mol. The van der Waals surface area contributed by atoms with Gasteiger partial charge in [0.1, 0.15) is 6.09 Å². The second kappa shape index (κ2) is 4.63. The molecule has 5 nitrogen and oxygen atoms in total. The molecule has 0 aromatic carbocycles. The summed E-state index contributed by atoms with van der Waals surface area (Å²) in [4.78, 5) is 15.9. The van der Waals surface area contributed by atoms with Crippen LogP contribution in [0.15, 0.2) is 18.7 Å². The molecule has 0 unspecified atom stereocenters. The Balaban J connectivity index is 0.000000148. The Morgan fingerprint density at radius 2 is 2.33 bits per heavy atom. The zero-order valence-corrected chi connectivity index (χ0v) is 4.52. The Bertz CT molecular complexity index is 128.